The monoisotopic (exact) mass is 483 g/mol. The number of aromatic hydroxyl groups is 1. The topological polar surface area (TPSA) is 92.2 Å². The number of benzene rings is 2. The van der Waals surface area contributed by atoms with E-state index in [1.54, 1.807) is 29.2 Å². The van der Waals surface area contributed by atoms with Gasteiger partial charge < -0.3 is 19.5 Å². The SMILES string of the molecule is COc1cc2c(cc1O)CN(C(=O)CN1C(=O)COc3cc(-c4ccc(F)c(Cl)c4)cnc31)C2. The molecule has 0 saturated heterocycles. The summed E-state index contributed by atoms with van der Waals surface area (Å²) >= 11 is 5.89. The number of rotatable bonds is 4. The van der Waals surface area contributed by atoms with E-state index in [2.05, 4.69) is 4.98 Å². The number of amides is 2. The predicted molar refractivity (Wildman–Crippen MR) is 121 cm³/mol. The Hall–Kier alpha value is -3.85. The maximum atomic E-state index is 13.5. The Balaban J connectivity index is 1.36. The molecule has 0 spiro atoms. The largest absolute Gasteiger partial charge is 0.504 e. The second-order valence-corrected chi connectivity index (χ2v) is 8.39. The number of hydrogen-bond donors (Lipinski definition) is 1. The Morgan fingerprint density at radius 3 is 2.71 bits per heavy atom. The third kappa shape index (κ3) is 3.88. The average molecular weight is 484 g/mol. The molecule has 0 radical (unpaired) electrons. The van der Waals surface area contributed by atoms with Crippen molar-refractivity contribution in [2.24, 2.45) is 0 Å². The van der Waals surface area contributed by atoms with Gasteiger partial charge in [-0.25, -0.2) is 9.37 Å². The lowest BCUT2D eigenvalue weighted by molar-refractivity contribution is -0.132. The summed E-state index contributed by atoms with van der Waals surface area (Å²) in [5.41, 5.74) is 2.96. The Morgan fingerprint density at radius 2 is 1.97 bits per heavy atom. The van der Waals surface area contributed by atoms with Gasteiger partial charge in [0.15, 0.2) is 29.7 Å². The normalized spacial score (nSPS) is 14.5. The summed E-state index contributed by atoms with van der Waals surface area (Å²) in [6, 6.07) is 9.27. The molecule has 2 aliphatic rings. The van der Waals surface area contributed by atoms with E-state index in [1.807, 2.05) is 0 Å². The van der Waals surface area contributed by atoms with Gasteiger partial charge in [-0.05, 0) is 47.0 Å². The zero-order valence-corrected chi connectivity index (χ0v) is 18.8. The standard InChI is InChI=1S/C24H19ClFN3O5/c1-33-20-7-16-10-28(9-15(16)5-19(20)30)22(31)11-29-23(32)12-34-21-6-14(8-27-24(21)29)13-2-3-18(26)17(25)4-13/h2-8,30H,9-12H2,1H3. The Labute approximate surface area is 199 Å². The molecule has 0 saturated carbocycles. The second kappa shape index (κ2) is 8.49. The highest BCUT2D eigenvalue weighted by Gasteiger charge is 2.32. The maximum absolute atomic E-state index is 13.5. The molecule has 10 heteroatoms. The van der Waals surface area contributed by atoms with Gasteiger partial charge in [0.05, 0.1) is 12.1 Å². The molecule has 8 nitrogen and oxygen atoms in total. The van der Waals surface area contributed by atoms with Gasteiger partial charge in [-0.15, -0.1) is 0 Å². The number of fused-ring (bicyclic) bond motifs is 2. The minimum absolute atomic E-state index is 0.00952. The van der Waals surface area contributed by atoms with Crippen molar-refractivity contribution in [2.75, 3.05) is 25.2 Å². The summed E-state index contributed by atoms with van der Waals surface area (Å²) in [6.07, 6.45) is 1.52. The van der Waals surface area contributed by atoms with Crippen molar-refractivity contribution in [2.45, 2.75) is 13.1 Å². The van der Waals surface area contributed by atoms with Crippen LogP contribution in [0.5, 0.6) is 17.2 Å². The summed E-state index contributed by atoms with van der Waals surface area (Å²) in [4.78, 5) is 32.9. The molecule has 1 aromatic heterocycles. The van der Waals surface area contributed by atoms with Crippen molar-refractivity contribution in [3.05, 3.63) is 64.6 Å². The first kappa shape index (κ1) is 22.0. The van der Waals surface area contributed by atoms with Crippen LogP contribution in [-0.2, 0) is 22.7 Å². The first-order valence-corrected chi connectivity index (χ1v) is 10.8. The van der Waals surface area contributed by atoms with Gasteiger partial charge in [-0.2, -0.15) is 0 Å². The van der Waals surface area contributed by atoms with E-state index >= 15 is 0 Å². The number of carbonyl (C=O) groups excluding carboxylic acids is 2. The van der Waals surface area contributed by atoms with Crippen LogP contribution in [0.2, 0.25) is 5.02 Å². The summed E-state index contributed by atoms with van der Waals surface area (Å²) in [5.74, 6) is -0.264. The van der Waals surface area contributed by atoms with E-state index in [-0.39, 0.29) is 41.6 Å². The fraction of sp³-hybridized carbons (Fsp3) is 0.208. The minimum Gasteiger partial charge on any atom is -0.504 e. The highest BCUT2D eigenvalue weighted by atomic mass is 35.5. The van der Waals surface area contributed by atoms with Crippen molar-refractivity contribution < 1.29 is 28.6 Å². The lowest BCUT2D eigenvalue weighted by Crippen LogP contribution is -2.45. The molecule has 3 aromatic rings. The van der Waals surface area contributed by atoms with Crippen LogP contribution in [-0.4, -0.2) is 47.1 Å². The fourth-order valence-electron chi connectivity index (χ4n) is 4.07. The Bertz CT molecular complexity index is 1330. The van der Waals surface area contributed by atoms with E-state index in [1.165, 1.54) is 30.3 Å². The van der Waals surface area contributed by atoms with Gasteiger partial charge in [0.2, 0.25) is 5.91 Å². The molecular weight excluding hydrogens is 465 g/mol. The molecule has 0 bridgehead atoms. The molecule has 3 heterocycles. The number of anilines is 1. The Kier molecular flexibility index (Phi) is 5.49. The molecule has 0 unspecified atom stereocenters. The average Bonchev–Trinajstić information content (AvgIpc) is 3.24. The zero-order chi connectivity index (χ0) is 24.0. The number of pyridine rings is 1. The van der Waals surface area contributed by atoms with E-state index in [0.29, 0.717) is 35.7 Å². The number of halogens is 2. The summed E-state index contributed by atoms with van der Waals surface area (Å²) in [7, 11) is 1.46. The number of phenols is 1. The lowest BCUT2D eigenvalue weighted by Gasteiger charge is -2.29. The molecule has 0 atom stereocenters. The summed E-state index contributed by atoms with van der Waals surface area (Å²) in [6.45, 7) is 0.213. The van der Waals surface area contributed by atoms with Gasteiger partial charge in [0.25, 0.3) is 5.91 Å². The molecular formula is C24H19ClFN3O5. The third-order valence-electron chi connectivity index (χ3n) is 5.86. The van der Waals surface area contributed by atoms with Gasteiger partial charge >= 0.3 is 0 Å². The van der Waals surface area contributed by atoms with Crippen molar-refractivity contribution in [1.82, 2.24) is 9.88 Å². The van der Waals surface area contributed by atoms with Crippen LogP contribution in [0.1, 0.15) is 11.1 Å². The molecule has 174 valence electrons. The maximum Gasteiger partial charge on any atom is 0.266 e. The first-order valence-electron chi connectivity index (χ1n) is 10.4. The minimum atomic E-state index is -0.527. The molecule has 0 fully saturated rings. The van der Waals surface area contributed by atoms with Crippen molar-refractivity contribution in [3.8, 4) is 28.4 Å². The lowest BCUT2D eigenvalue weighted by atomic mass is 10.1. The second-order valence-electron chi connectivity index (χ2n) is 7.99. The number of ether oxygens (including phenoxy) is 2. The van der Waals surface area contributed by atoms with Crippen LogP contribution >= 0.6 is 11.6 Å². The number of aromatic nitrogens is 1. The van der Waals surface area contributed by atoms with Crippen LogP contribution in [0.25, 0.3) is 11.1 Å². The van der Waals surface area contributed by atoms with Crippen LogP contribution in [0, 0.1) is 5.82 Å². The number of carbonyl (C=O) groups is 2. The fourth-order valence-corrected chi connectivity index (χ4v) is 4.25. The molecule has 2 aliphatic heterocycles. The molecule has 2 amide bonds. The Morgan fingerprint density at radius 1 is 1.21 bits per heavy atom. The molecule has 5 rings (SSSR count). The van der Waals surface area contributed by atoms with Crippen LogP contribution < -0.4 is 14.4 Å². The van der Waals surface area contributed by atoms with Crippen molar-refractivity contribution >= 4 is 29.2 Å². The van der Waals surface area contributed by atoms with Crippen molar-refractivity contribution in [3.63, 3.8) is 0 Å². The molecule has 0 aliphatic carbocycles. The highest BCUT2D eigenvalue weighted by Crippen LogP contribution is 2.36. The predicted octanol–water partition coefficient (Wildman–Crippen LogP) is 3.52. The summed E-state index contributed by atoms with van der Waals surface area (Å²) < 4.78 is 24.2. The van der Waals surface area contributed by atoms with Gasteiger partial charge in [-0.3, -0.25) is 14.5 Å². The number of phenolic OH excluding ortho intramolecular Hbond substituents is 1. The number of nitrogens with zero attached hydrogens (tertiary/aromatic N) is 3. The van der Waals surface area contributed by atoms with E-state index in [4.69, 9.17) is 21.1 Å². The quantitative estimate of drug-likeness (QED) is 0.610. The molecule has 2 aromatic carbocycles. The van der Waals surface area contributed by atoms with E-state index in [0.717, 1.165) is 11.1 Å². The van der Waals surface area contributed by atoms with Gasteiger partial charge in [0, 0.05) is 24.8 Å². The van der Waals surface area contributed by atoms with E-state index in [9.17, 15) is 19.1 Å². The first-order chi connectivity index (χ1) is 16.3. The van der Waals surface area contributed by atoms with Gasteiger partial charge in [0.1, 0.15) is 12.4 Å². The molecule has 1 N–H and O–H groups in total. The van der Waals surface area contributed by atoms with Crippen molar-refractivity contribution in [1.29, 1.82) is 0 Å². The highest BCUT2D eigenvalue weighted by molar-refractivity contribution is 6.31. The van der Waals surface area contributed by atoms with Gasteiger partial charge in [-0.1, -0.05) is 17.7 Å². The number of hydrogen-bond acceptors (Lipinski definition) is 6. The third-order valence-corrected chi connectivity index (χ3v) is 6.15. The smallest absolute Gasteiger partial charge is 0.266 e. The molecule has 34 heavy (non-hydrogen) atoms. The zero-order valence-electron chi connectivity index (χ0n) is 18.0. The summed E-state index contributed by atoms with van der Waals surface area (Å²) in [5, 5.41) is 9.99. The van der Waals surface area contributed by atoms with E-state index < -0.39 is 5.82 Å². The van der Waals surface area contributed by atoms with Crippen LogP contribution in [0.3, 0.4) is 0 Å². The number of methoxy groups -OCH3 is 1. The van der Waals surface area contributed by atoms with Crippen LogP contribution in [0.15, 0.2) is 42.6 Å². The van der Waals surface area contributed by atoms with Crippen LogP contribution in [0.4, 0.5) is 10.2 Å².